The van der Waals surface area contributed by atoms with Crippen LogP contribution in [0.3, 0.4) is 0 Å². The fourth-order valence-electron chi connectivity index (χ4n) is 3.91. The topological polar surface area (TPSA) is 52.6 Å². The Morgan fingerprint density at radius 1 is 0.931 bits per heavy atom. The summed E-state index contributed by atoms with van der Waals surface area (Å²) >= 11 is 0. The molecule has 0 aromatic heterocycles. The third-order valence-electron chi connectivity index (χ3n) is 5.56. The van der Waals surface area contributed by atoms with Gasteiger partial charge in [0.05, 0.1) is 19.1 Å². The zero-order chi connectivity index (χ0) is 21.3. The zero-order valence-electron chi connectivity index (χ0n) is 18.9. The molecular weight excluding hydrogens is 364 g/mol. The zero-order valence-corrected chi connectivity index (χ0v) is 18.9. The van der Waals surface area contributed by atoms with Gasteiger partial charge in [-0.05, 0) is 51.9 Å². The van der Waals surface area contributed by atoms with Gasteiger partial charge in [-0.1, -0.05) is 63.3 Å². The molecule has 0 heterocycles. The van der Waals surface area contributed by atoms with Gasteiger partial charge in [0.25, 0.3) is 0 Å². The van der Waals surface area contributed by atoms with Crippen LogP contribution in [0.15, 0.2) is 24.3 Å². The van der Waals surface area contributed by atoms with E-state index in [1.165, 1.54) is 19.3 Å². The molecule has 3 unspecified atom stereocenters. The van der Waals surface area contributed by atoms with Crippen molar-refractivity contribution in [3.63, 3.8) is 0 Å². The number of esters is 2. The van der Waals surface area contributed by atoms with E-state index in [0.717, 1.165) is 44.9 Å². The molecule has 29 heavy (non-hydrogen) atoms. The number of unbranched alkanes of at least 4 members (excludes halogenated alkanes) is 6. The van der Waals surface area contributed by atoms with Crippen LogP contribution in [0.4, 0.5) is 0 Å². The van der Waals surface area contributed by atoms with Crippen LogP contribution in [0.1, 0.15) is 91.4 Å². The summed E-state index contributed by atoms with van der Waals surface area (Å²) in [6, 6.07) is 0. The molecule has 1 rings (SSSR count). The number of hydrogen-bond donors (Lipinski definition) is 0. The minimum absolute atomic E-state index is 0.0408. The maximum Gasteiger partial charge on any atom is 0.309 e. The monoisotopic (exact) mass is 406 g/mol. The first-order valence-corrected chi connectivity index (χ1v) is 11.8. The van der Waals surface area contributed by atoms with E-state index in [1.807, 2.05) is 13.8 Å². The van der Waals surface area contributed by atoms with Gasteiger partial charge in [0, 0.05) is 12.3 Å². The smallest absolute Gasteiger partial charge is 0.309 e. The molecule has 0 spiro atoms. The van der Waals surface area contributed by atoms with Crippen molar-refractivity contribution in [3.05, 3.63) is 24.3 Å². The van der Waals surface area contributed by atoms with Crippen LogP contribution < -0.4 is 0 Å². The van der Waals surface area contributed by atoms with Crippen LogP contribution in [0, 0.1) is 17.8 Å². The van der Waals surface area contributed by atoms with Gasteiger partial charge in [-0.2, -0.15) is 0 Å². The second kappa shape index (κ2) is 16.2. The first kappa shape index (κ1) is 25.5. The first-order valence-electron chi connectivity index (χ1n) is 11.8. The van der Waals surface area contributed by atoms with Crippen molar-refractivity contribution >= 4 is 11.9 Å². The molecule has 3 atom stereocenters. The molecule has 0 saturated heterocycles. The highest BCUT2D eigenvalue weighted by molar-refractivity contribution is 5.73. The highest BCUT2D eigenvalue weighted by Crippen LogP contribution is 2.33. The summed E-state index contributed by atoms with van der Waals surface area (Å²) in [6.45, 7) is 6.85. The van der Waals surface area contributed by atoms with E-state index in [9.17, 15) is 9.59 Å². The Bertz CT molecular complexity index is 509. The fourth-order valence-corrected chi connectivity index (χ4v) is 3.91. The molecule has 4 nitrogen and oxygen atoms in total. The standard InChI is InChI=1S/C25H42O4/c1-4-7-15-21-18-19-22(23(20-21)25(27)29-6-3)16-13-11-9-8-10-12-14-17-24(26)28-5-2/h13,16,18-19,21-23H,4-12,14-15,17,20H2,1-3H3. The van der Waals surface area contributed by atoms with E-state index in [0.29, 0.717) is 25.6 Å². The van der Waals surface area contributed by atoms with Gasteiger partial charge in [-0.25, -0.2) is 0 Å². The van der Waals surface area contributed by atoms with Crippen molar-refractivity contribution in [1.82, 2.24) is 0 Å². The molecule has 0 bridgehead atoms. The number of allylic oxidation sites excluding steroid dienone is 4. The van der Waals surface area contributed by atoms with Gasteiger partial charge in [0.15, 0.2) is 0 Å². The van der Waals surface area contributed by atoms with Gasteiger partial charge in [-0.15, -0.1) is 0 Å². The van der Waals surface area contributed by atoms with Crippen molar-refractivity contribution in [2.75, 3.05) is 13.2 Å². The lowest BCUT2D eigenvalue weighted by Gasteiger charge is -2.28. The predicted octanol–water partition coefficient (Wildman–Crippen LogP) is 6.40. The average molecular weight is 407 g/mol. The maximum absolute atomic E-state index is 12.4. The minimum Gasteiger partial charge on any atom is -0.466 e. The Morgan fingerprint density at radius 2 is 1.66 bits per heavy atom. The minimum atomic E-state index is -0.0796. The van der Waals surface area contributed by atoms with Crippen LogP contribution >= 0.6 is 0 Å². The summed E-state index contributed by atoms with van der Waals surface area (Å²) in [6.07, 6.45) is 20.5. The summed E-state index contributed by atoms with van der Waals surface area (Å²) in [7, 11) is 0. The molecule has 0 N–H and O–H groups in total. The molecule has 0 aromatic rings. The molecule has 0 fully saturated rings. The van der Waals surface area contributed by atoms with Crippen molar-refractivity contribution in [2.24, 2.45) is 17.8 Å². The van der Waals surface area contributed by atoms with Gasteiger partial charge < -0.3 is 9.47 Å². The predicted molar refractivity (Wildman–Crippen MR) is 118 cm³/mol. The van der Waals surface area contributed by atoms with Gasteiger partial charge in [-0.3, -0.25) is 9.59 Å². The normalized spacial score (nSPS) is 21.4. The average Bonchev–Trinajstić information content (AvgIpc) is 2.71. The second-order valence-corrected chi connectivity index (χ2v) is 8.00. The second-order valence-electron chi connectivity index (χ2n) is 8.00. The SMILES string of the molecule is CCCCC1C=CC(C=CCCCCCCCC(=O)OCC)C(C(=O)OCC)C1. The van der Waals surface area contributed by atoms with E-state index in [1.54, 1.807) is 0 Å². The van der Waals surface area contributed by atoms with E-state index < -0.39 is 0 Å². The molecule has 0 radical (unpaired) electrons. The molecule has 1 aliphatic rings. The molecule has 1 aliphatic carbocycles. The van der Waals surface area contributed by atoms with Crippen molar-refractivity contribution < 1.29 is 19.1 Å². The molecular formula is C25H42O4. The van der Waals surface area contributed by atoms with Crippen LogP contribution in [0.2, 0.25) is 0 Å². The number of carbonyl (C=O) groups is 2. The maximum atomic E-state index is 12.4. The highest BCUT2D eigenvalue weighted by atomic mass is 16.5. The summed E-state index contributed by atoms with van der Waals surface area (Å²) in [5.74, 6) is 0.500. The Labute approximate surface area is 178 Å². The number of ether oxygens (including phenoxy) is 2. The quantitative estimate of drug-likeness (QED) is 0.179. The fraction of sp³-hybridized carbons (Fsp3) is 0.760. The van der Waals surface area contributed by atoms with Crippen molar-refractivity contribution in [1.29, 1.82) is 0 Å². The lowest BCUT2D eigenvalue weighted by molar-refractivity contribution is -0.149. The number of rotatable bonds is 15. The van der Waals surface area contributed by atoms with E-state index in [2.05, 4.69) is 31.2 Å². The molecule has 0 aromatic carbocycles. The van der Waals surface area contributed by atoms with Gasteiger partial charge in [0.2, 0.25) is 0 Å². The number of carbonyl (C=O) groups excluding carboxylic acids is 2. The van der Waals surface area contributed by atoms with Crippen molar-refractivity contribution in [3.8, 4) is 0 Å². The van der Waals surface area contributed by atoms with Gasteiger partial charge in [0.1, 0.15) is 0 Å². The van der Waals surface area contributed by atoms with Crippen LogP contribution in [-0.2, 0) is 19.1 Å². The molecule has 0 saturated carbocycles. The molecule has 4 heteroatoms. The number of hydrogen-bond acceptors (Lipinski definition) is 4. The summed E-state index contributed by atoms with van der Waals surface area (Å²) in [5.41, 5.74) is 0. The lowest BCUT2D eigenvalue weighted by atomic mass is 9.77. The summed E-state index contributed by atoms with van der Waals surface area (Å²) in [5, 5.41) is 0. The van der Waals surface area contributed by atoms with Crippen LogP contribution in [-0.4, -0.2) is 25.2 Å². The molecule has 0 amide bonds. The van der Waals surface area contributed by atoms with E-state index >= 15 is 0 Å². The Balaban J connectivity index is 2.32. The van der Waals surface area contributed by atoms with E-state index in [-0.39, 0.29) is 23.8 Å². The van der Waals surface area contributed by atoms with Gasteiger partial charge >= 0.3 is 11.9 Å². The third kappa shape index (κ3) is 11.3. The third-order valence-corrected chi connectivity index (χ3v) is 5.56. The first-order chi connectivity index (χ1) is 14.1. The highest BCUT2D eigenvalue weighted by Gasteiger charge is 2.31. The Morgan fingerprint density at radius 3 is 2.38 bits per heavy atom. The Kier molecular flexibility index (Phi) is 14.3. The lowest BCUT2D eigenvalue weighted by Crippen LogP contribution is -2.29. The Hall–Kier alpha value is -1.58. The van der Waals surface area contributed by atoms with Crippen LogP contribution in [0.5, 0.6) is 0 Å². The van der Waals surface area contributed by atoms with Crippen molar-refractivity contribution in [2.45, 2.75) is 91.4 Å². The molecule has 0 aliphatic heterocycles. The van der Waals surface area contributed by atoms with E-state index in [4.69, 9.17) is 9.47 Å². The largest absolute Gasteiger partial charge is 0.466 e. The summed E-state index contributed by atoms with van der Waals surface area (Å²) < 4.78 is 10.3. The summed E-state index contributed by atoms with van der Waals surface area (Å²) in [4.78, 5) is 23.7. The molecule has 166 valence electrons. The van der Waals surface area contributed by atoms with Crippen LogP contribution in [0.25, 0.3) is 0 Å².